The van der Waals surface area contributed by atoms with Crippen molar-refractivity contribution < 1.29 is 19.1 Å². The van der Waals surface area contributed by atoms with Gasteiger partial charge in [0.25, 0.3) is 0 Å². The summed E-state index contributed by atoms with van der Waals surface area (Å²) < 4.78 is 11.3. The molecule has 122 valence electrons. The van der Waals surface area contributed by atoms with E-state index in [4.69, 9.17) is 9.16 Å². The Morgan fingerprint density at radius 1 is 1.52 bits per heavy atom. The Morgan fingerprint density at radius 3 is 2.62 bits per heavy atom. The Morgan fingerprint density at radius 2 is 2.14 bits per heavy atom. The van der Waals surface area contributed by atoms with Gasteiger partial charge in [0.1, 0.15) is 6.61 Å². The molecule has 1 N–H and O–H groups in total. The lowest BCUT2D eigenvalue weighted by molar-refractivity contribution is 0.0115. The minimum atomic E-state index is -1.26. The molecule has 0 aliphatic carbocycles. The summed E-state index contributed by atoms with van der Waals surface area (Å²) in [6.45, 7) is 14.6. The summed E-state index contributed by atoms with van der Waals surface area (Å²) in [7, 11) is -1.26. The summed E-state index contributed by atoms with van der Waals surface area (Å²) in [6, 6.07) is -0.146. The molecule has 21 heavy (non-hydrogen) atoms. The lowest BCUT2D eigenvalue weighted by atomic mass is 9.83. The van der Waals surface area contributed by atoms with E-state index in [9.17, 15) is 9.90 Å². The van der Waals surface area contributed by atoms with Crippen LogP contribution in [0.3, 0.4) is 0 Å². The second-order valence-electron chi connectivity index (χ2n) is 6.95. The van der Waals surface area contributed by atoms with Crippen LogP contribution in [0.2, 0.25) is 13.1 Å². The van der Waals surface area contributed by atoms with Crippen molar-refractivity contribution in [1.82, 2.24) is 4.90 Å². The molecule has 0 spiro atoms. The minimum absolute atomic E-state index is 0.0994. The van der Waals surface area contributed by atoms with E-state index in [1.807, 2.05) is 0 Å². The van der Waals surface area contributed by atoms with Crippen molar-refractivity contribution >= 4 is 15.1 Å². The smallest absolute Gasteiger partial charge is 0.410 e. The van der Waals surface area contributed by atoms with E-state index in [1.54, 1.807) is 4.90 Å². The van der Waals surface area contributed by atoms with E-state index in [2.05, 4.69) is 40.4 Å². The van der Waals surface area contributed by atoms with Gasteiger partial charge in [-0.25, -0.2) is 4.79 Å². The third-order valence-electron chi connectivity index (χ3n) is 3.50. The number of aliphatic hydroxyl groups is 1. The summed E-state index contributed by atoms with van der Waals surface area (Å²) in [5.41, 5.74) is -0.108. The van der Waals surface area contributed by atoms with Crippen molar-refractivity contribution in [1.29, 1.82) is 0 Å². The molecule has 0 aromatic rings. The standard InChI is InChI=1S/C15H29NO4Si/c1-7-8-19-14(18)16-10-11(17)9-12(16)13(15(2,3)4)20-21(5)6/h7,11-13,17,21H,1,8-10H2,2-6H3/t11-,12+,13?/m1/s1. The second-order valence-corrected chi connectivity index (χ2v) is 9.32. The maximum Gasteiger partial charge on any atom is 0.410 e. The van der Waals surface area contributed by atoms with Gasteiger partial charge >= 0.3 is 6.09 Å². The zero-order valence-electron chi connectivity index (χ0n) is 13.8. The lowest BCUT2D eigenvalue weighted by Crippen LogP contribution is -2.50. The first kappa shape index (κ1) is 18.2. The number of carbonyl (C=O) groups is 1. The lowest BCUT2D eigenvalue weighted by Gasteiger charge is -2.40. The SMILES string of the molecule is C=CCOC(=O)N1C[C@H](O)C[C@H]1C(O[SiH](C)C)C(C)(C)C. The number of nitrogens with zero attached hydrogens (tertiary/aromatic N) is 1. The number of hydrogen-bond acceptors (Lipinski definition) is 4. The van der Waals surface area contributed by atoms with Crippen LogP contribution in [-0.4, -0.2) is 56.5 Å². The van der Waals surface area contributed by atoms with Gasteiger partial charge in [0.2, 0.25) is 0 Å². The quantitative estimate of drug-likeness (QED) is 0.624. The average Bonchev–Trinajstić information content (AvgIpc) is 2.73. The van der Waals surface area contributed by atoms with Crippen LogP contribution in [0.5, 0.6) is 0 Å². The topological polar surface area (TPSA) is 59.0 Å². The van der Waals surface area contributed by atoms with Crippen LogP contribution in [-0.2, 0) is 9.16 Å². The molecular weight excluding hydrogens is 286 g/mol. The van der Waals surface area contributed by atoms with Crippen molar-refractivity contribution in [2.75, 3.05) is 13.2 Å². The maximum atomic E-state index is 12.2. The first-order valence-corrected chi connectivity index (χ1v) is 10.3. The number of rotatable bonds is 5. The third kappa shape index (κ3) is 5.12. The first-order chi connectivity index (χ1) is 9.66. The van der Waals surface area contributed by atoms with Gasteiger partial charge in [-0.1, -0.05) is 33.4 Å². The summed E-state index contributed by atoms with van der Waals surface area (Å²) in [6.07, 6.45) is 1.05. The highest BCUT2D eigenvalue weighted by atomic mass is 28.3. The van der Waals surface area contributed by atoms with Crippen LogP contribution in [0.1, 0.15) is 27.2 Å². The Kier molecular flexibility index (Phi) is 6.43. The van der Waals surface area contributed by atoms with E-state index in [-0.39, 0.29) is 24.2 Å². The number of likely N-dealkylation sites (tertiary alicyclic amines) is 1. The molecule has 1 aliphatic heterocycles. The molecule has 3 atom stereocenters. The van der Waals surface area contributed by atoms with E-state index in [0.717, 1.165) is 0 Å². The van der Waals surface area contributed by atoms with Gasteiger partial charge in [0.05, 0.1) is 24.8 Å². The Labute approximate surface area is 129 Å². The zero-order chi connectivity index (χ0) is 16.2. The molecule has 6 heteroatoms. The van der Waals surface area contributed by atoms with Crippen molar-refractivity contribution in [3.05, 3.63) is 12.7 Å². The van der Waals surface area contributed by atoms with Gasteiger partial charge in [-0.2, -0.15) is 0 Å². The van der Waals surface area contributed by atoms with Crippen molar-refractivity contribution in [2.24, 2.45) is 5.41 Å². The molecule has 1 amide bonds. The van der Waals surface area contributed by atoms with Crippen LogP contribution in [0.4, 0.5) is 4.79 Å². The predicted octanol–water partition coefficient (Wildman–Crippen LogP) is 2.16. The van der Waals surface area contributed by atoms with Crippen LogP contribution < -0.4 is 0 Å². The highest BCUT2D eigenvalue weighted by Gasteiger charge is 2.44. The largest absolute Gasteiger partial charge is 0.445 e. The van der Waals surface area contributed by atoms with Crippen molar-refractivity contribution in [2.45, 2.75) is 58.5 Å². The molecule has 1 fully saturated rings. The van der Waals surface area contributed by atoms with Crippen LogP contribution in [0.25, 0.3) is 0 Å². The number of hydrogen-bond donors (Lipinski definition) is 1. The third-order valence-corrected chi connectivity index (χ3v) is 4.34. The fourth-order valence-corrected chi connectivity index (χ4v) is 3.89. The highest BCUT2D eigenvalue weighted by molar-refractivity contribution is 6.48. The minimum Gasteiger partial charge on any atom is -0.445 e. The molecule has 0 saturated carbocycles. The summed E-state index contributed by atoms with van der Waals surface area (Å²) in [5, 5.41) is 9.98. The second kappa shape index (κ2) is 7.42. The molecule has 1 heterocycles. The molecule has 0 aromatic heterocycles. The van der Waals surface area contributed by atoms with Gasteiger partial charge < -0.3 is 14.3 Å². The van der Waals surface area contributed by atoms with Crippen LogP contribution in [0, 0.1) is 5.41 Å². The maximum absolute atomic E-state index is 12.2. The normalized spacial score (nSPS) is 24.2. The van der Waals surface area contributed by atoms with E-state index >= 15 is 0 Å². The van der Waals surface area contributed by atoms with Crippen molar-refractivity contribution in [3.63, 3.8) is 0 Å². The molecule has 1 saturated heterocycles. The van der Waals surface area contributed by atoms with Gasteiger partial charge in [-0.15, -0.1) is 0 Å². The van der Waals surface area contributed by atoms with Gasteiger partial charge in [0.15, 0.2) is 9.04 Å². The summed E-state index contributed by atoms with van der Waals surface area (Å²) in [4.78, 5) is 13.8. The molecule has 5 nitrogen and oxygen atoms in total. The fraction of sp³-hybridized carbons (Fsp3) is 0.800. The van der Waals surface area contributed by atoms with E-state index < -0.39 is 21.2 Å². The van der Waals surface area contributed by atoms with Crippen LogP contribution >= 0.6 is 0 Å². The zero-order valence-corrected chi connectivity index (χ0v) is 15.0. The Hall–Kier alpha value is -0.853. The summed E-state index contributed by atoms with van der Waals surface area (Å²) in [5.74, 6) is 0. The van der Waals surface area contributed by atoms with Gasteiger partial charge in [-0.05, 0) is 24.9 Å². The Bertz CT molecular complexity index is 367. The van der Waals surface area contributed by atoms with Gasteiger partial charge in [-0.3, -0.25) is 4.90 Å². The number of ether oxygens (including phenoxy) is 1. The molecular formula is C15H29NO4Si. The molecule has 0 aromatic carbocycles. The fourth-order valence-electron chi connectivity index (χ4n) is 2.72. The monoisotopic (exact) mass is 315 g/mol. The average molecular weight is 315 g/mol. The number of amides is 1. The first-order valence-electron chi connectivity index (χ1n) is 7.54. The van der Waals surface area contributed by atoms with E-state index in [1.165, 1.54) is 6.08 Å². The predicted molar refractivity (Wildman–Crippen MR) is 85.9 cm³/mol. The number of β-amino-alcohol motifs (C(OH)–C–C–N with tert-alkyl or cyclic N) is 1. The summed E-state index contributed by atoms with van der Waals surface area (Å²) >= 11 is 0. The molecule has 0 radical (unpaired) electrons. The van der Waals surface area contributed by atoms with E-state index in [0.29, 0.717) is 13.0 Å². The Balaban J connectivity index is 2.92. The number of aliphatic hydroxyl groups excluding tert-OH is 1. The highest BCUT2D eigenvalue weighted by Crippen LogP contribution is 2.33. The molecule has 1 unspecified atom stereocenters. The van der Waals surface area contributed by atoms with Gasteiger partial charge in [0, 0.05) is 0 Å². The molecule has 0 bridgehead atoms. The number of carbonyl (C=O) groups excluding carboxylic acids is 1. The molecule has 1 aliphatic rings. The molecule has 1 rings (SSSR count). The van der Waals surface area contributed by atoms with Crippen molar-refractivity contribution in [3.8, 4) is 0 Å². The van der Waals surface area contributed by atoms with Crippen LogP contribution in [0.15, 0.2) is 12.7 Å².